The molecule has 0 spiro atoms. The fraction of sp³-hybridized carbons (Fsp3) is 0.357. The molecule has 116 valence electrons. The third-order valence-corrected chi connectivity index (χ3v) is 3.58. The minimum atomic E-state index is 0.325. The second kappa shape index (κ2) is 8.28. The van der Waals surface area contributed by atoms with Gasteiger partial charge in [-0.25, -0.2) is 19.9 Å². The Morgan fingerprint density at radius 1 is 1.09 bits per heavy atom. The molecule has 0 aliphatic carbocycles. The highest BCUT2D eigenvalue weighted by Crippen LogP contribution is 2.12. The highest BCUT2D eigenvalue weighted by atomic mass is 32.2. The molecule has 1 atom stereocenters. The fourth-order valence-corrected chi connectivity index (χ4v) is 1.94. The van der Waals surface area contributed by atoms with Gasteiger partial charge in [-0.05, 0) is 12.2 Å². The van der Waals surface area contributed by atoms with Crippen LogP contribution < -0.4 is 10.6 Å². The molecule has 2 heterocycles. The van der Waals surface area contributed by atoms with Crippen molar-refractivity contribution in [1.82, 2.24) is 19.9 Å². The number of aldehydes is 1. The van der Waals surface area contributed by atoms with E-state index in [0.717, 1.165) is 18.0 Å². The summed E-state index contributed by atoms with van der Waals surface area (Å²) >= 11 is 1.61. The first kappa shape index (κ1) is 16.2. The topological polar surface area (TPSA) is 92.7 Å². The van der Waals surface area contributed by atoms with Gasteiger partial charge in [-0.15, -0.1) is 11.8 Å². The highest BCUT2D eigenvalue weighted by Gasteiger charge is 2.04. The number of nitrogens with one attached hydrogen (secondary N) is 2. The maximum Gasteiger partial charge on any atom is 0.222 e. The Bertz CT molecular complexity index is 589. The highest BCUT2D eigenvalue weighted by molar-refractivity contribution is 7.98. The Labute approximate surface area is 133 Å². The van der Waals surface area contributed by atoms with Crippen molar-refractivity contribution in [3.63, 3.8) is 0 Å². The molecule has 0 bridgehead atoms. The molecule has 2 aromatic rings. The number of carbonyl (C=O) groups is 1. The van der Waals surface area contributed by atoms with Crippen molar-refractivity contribution in [1.29, 1.82) is 0 Å². The third-order valence-electron chi connectivity index (χ3n) is 2.90. The lowest BCUT2D eigenvalue weighted by atomic mass is 10.2. The van der Waals surface area contributed by atoms with E-state index in [-0.39, 0.29) is 0 Å². The molecule has 0 fully saturated rings. The van der Waals surface area contributed by atoms with Crippen LogP contribution >= 0.6 is 11.8 Å². The van der Waals surface area contributed by atoms with Crippen molar-refractivity contribution in [3.8, 4) is 0 Å². The average Bonchev–Trinajstić information content (AvgIpc) is 2.59. The summed E-state index contributed by atoms with van der Waals surface area (Å²) in [6, 6.07) is 0. The van der Waals surface area contributed by atoms with Gasteiger partial charge in [-0.2, -0.15) is 0 Å². The van der Waals surface area contributed by atoms with E-state index in [1.807, 2.05) is 6.26 Å². The van der Waals surface area contributed by atoms with Crippen molar-refractivity contribution in [2.45, 2.75) is 11.8 Å². The molecule has 0 aliphatic heterocycles. The predicted molar refractivity (Wildman–Crippen MR) is 87.4 cm³/mol. The Morgan fingerprint density at radius 3 is 2.41 bits per heavy atom. The molecule has 0 radical (unpaired) electrons. The molecule has 0 aromatic carbocycles. The molecule has 0 amide bonds. The number of rotatable bonds is 8. The largest absolute Gasteiger partial charge is 0.368 e. The zero-order chi connectivity index (χ0) is 15.8. The zero-order valence-electron chi connectivity index (χ0n) is 12.5. The van der Waals surface area contributed by atoms with Crippen LogP contribution in [-0.2, 0) is 0 Å². The lowest BCUT2D eigenvalue weighted by Crippen LogP contribution is -2.21. The quantitative estimate of drug-likeness (QED) is 0.563. The smallest absolute Gasteiger partial charge is 0.222 e. The molecule has 2 rings (SSSR count). The molecule has 8 heteroatoms. The Hall–Kier alpha value is -2.22. The molecule has 0 saturated heterocycles. The first-order chi connectivity index (χ1) is 10.7. The van der Waals surface area contributed by atoms with Gasteiger partial charge in [0, 0.05) is 30.4 Å². The van der Waals surface area contributed by atoms with Crippen LogP contribution in [0.3, 0.4) is 0 Å². The molecule has 2 aromatic heterocycles. The molecule has 2 N–H and O–H groups in total. The van der Waals surface area contributed by atoms with Crippen molar-refractivity contribution < 1.29 is 4.79 Å². The second-order valence-electron chi connectivity index (χ2n) is 4.76. The van der Waals surface area contributed by atoms with E-state index >= 15 is 0 Å². The summed E-state index contributed by atoms with van der Waals surface area (Å²) in [7, 11) is 0. The number of anilines is 2. The molecule has 0 aliphatic rings. The maximum absolute atomic E-state index is 10.5. The monoisotopic (exact) mass is 318 g/mol. The summed E-state index contributed by atoms with van der Waals surface area (Å²) in [4.78, 5) is 28.1. The van der Waals surface area contributed by atoms with E-state index in [1.54, 1.807) is 30.4 Å². The van der Waals surface area contributed by atoms with E-state index in [4.69, 9.17) is 0 Å². The van der Waals surface area contributed by atoms with Crippen LogP contribution in [0.2, 0.25) is 0 Å². The lowest BCUT2D eigenvalue weighted by molar-refractivity contribution is 0.111. The standard InChI is InChI=1S/C14H18N6OS/c1-10(3-16-13-8-15-11(9-21)5-17-13)4-18-14-19-6-12(22-2)7-20-14/h5-10H,3-4H2,1-2H3,(H,16,17)(H,18,19,20). The summed E-state index contributed by atoms with van der Waals surface area (Å²) in [6.45, 7) is 3.57. The Morgan fingerprint density at radius 2 is 1.82 bits per heavy atom. The SMILES string of the molecule is CSc1cnc(NCC(C)CNc2cnc(C=O)cn2)nc1. The van der Waals surface area contributed by atoms with Gasteiger partial charge >= 0.3 is 0 Å². The number of hydrogen-bond acceptors (Lipinski definition) is 8. The number of carbonyl (C=O) groups excluding carboxylic acids is 1. The van der Waals surface area contributed by atoms with Gasteiger partial charge in [0.1, 0.15) is 11.5 Å². The Balaban J connectivity index is 1.74. The van der Waals surface area contributed by atoms with Crippen LogP contribution in [0.15, 0.2) is 29.7 Å². The van der Waals surface area contributed by atoms with E-state index in [9.17, 15) is 4.79 Å². The molecule has 0 saturated carbocycles. The summed E-state index contributed by atoms with van der Waals surface area (Å²) in [5.41, 5.74) is 0.325. The van der Waals surface area contributed by atoms with E-state index in [2.05, 4.69) is 37.5 Å². The number of nitrogens with zero attached hydrogens (tertiary/aromatic N) is 4. The summed E-state index contributed by atoms with van der Waals surface area (Å²) < 4.78 is 0. The molecule has 7 nitrogen and oxygen atoms in total. The van der Waals surface area contributed by atoms with Crippen LogP contribution in [-0.4, -0.2) is 45.6 Å². The van der Waals surface area contributed by atoms with Crippen LogP contribution in [0.25, 0.3) is 0 Å². The summed E-state index contributed by atoms with van der Waals surface area (Å²) in [5.74, 6) is 1.62. The molecular weight excluding hydrogens is 300 g/mol. The normalized spacial score (nSPS) is 11.7. The zero-order valence-corrected chi connectivity index (χ0v) is 13.3. The second-order valence-corrected chi connectivity index (χ2v) is 5.64. The predicted octanol–water partition coefficient (Wildman–Crippen LogP) is 1.96. The Kier molecular flexibility index (Phi) is 6.08. The van der Waals surface area contributed by atoms with Gasteiger partial charge in [-0.3, -0.25) is 4.79 Å². The van der Waals surface area contributed by atoms with E-state index in [1.165, 1.54) is 6.20 Å². The lowest BCUT2D eigenvalue weighted by Gasteiger charge is -2.13. The van der Waals surface area contributed by atoms with Crippen molar-refractivity contribution in [3.05, 3.63) is 30.5 Å². The van der Waals surface area contributed by atoms with Crippen molar-refractivity contribution >= 4 is 29.8 Å². The van der Waals surface area contributed by atoms with Gasteiger partial charge in [0.15, 0.2) is 6.29 Å². The average molecular weight is 318 g/mol. The molecule has 22 heavy (non-hydrogen) atoms. The van der Waals surface area contributed by atoms with Crippen molar-refractivity contribution in [2.24, 2.45) is 5.92 Å². The number of hydrogen-bond donors (Lipinski definition) is 2. The maximum atomic E-state index is 10.5. The van der Waals surface area contributed by atoms with Crippen molar-refractivity contribution in [2.75, 3.05) is 30.0 Å². The van der Waals surface area contributed by atoms with Gasteiger partial charge in [-0.1, -0.05) is 6.92 Å². The minimum absolute atomic E-state index is 0.325. The van der Waals surface area contributed by atoms with E-state index in [0.29, 0.717) is 29.7 Å². The first-order valence-corrected chi connectivity index (χ1v) is 8.04. The minimum Gasteiger partial charge on any atom is -0.368 e. The van der Waals surface area contributed by atoms with Gasteiger partial charge in [0.25, 0.3) is 0 Å². The summed E-state index contributed by atoms with van der Waals surface area (Å²) in [5, 5.41) is 6.37. The first-order valence-electron chi connectivity index (χ1n) is 6.82. The summed E-state index contributed by atoms with van der Waals surface area (Å²) in [6.07, 6.45) is 9.25. The number of aromatic nitrogens is 4. The third kappa shape index (κ3) is 4.96. The van der Waals surface area contributed by atoms with Crippen LogP contribution in [0, 0.1) is 5.92 Å². The number of thioether (sulfide) groups is 1. The van der Waals surface area contributed by atoms with Gasteiger partial charge in [0.05, 0.1) is 12.4 Å². The van der Waals surface area contributed by atoms with Crippen LogP contribution in [0.1, 0.15) is 17.4 Å². The van der Waals surface area contributed by atoms with Crippen LogP contribution in [0.5, 0.6) is 0 Å². The fourth-order valence-electron chi connectivity index (χ4n) is 1.62. The van der Waals surface area contributed by atoms with E-state index < -0.39 is 0 Å². The molecular formula is C14H18N6OS. The van der Waals surface area contributed by atoms with Crippen LogP contribution in [0.4, 0.5) is 11.8 Å². The van der Waals surface area contributed by atoms with Gasteiger partial charge < -0.3 is 10.6 Å². The molecule has 1 unspecified atom stereocenters. The van der Waals surface area contributed by atoms with Gasteiger partial charge in [0.2, 0.25) is 5.95 Å².